The zero-order valence-electron chi connectivity index (χ0n) is 9.58. The second-order valence-electron chi connectivity index (χ2n) is 4.26. The molecule has 1 unspecified atom stereocenters. The zero-order chi connectivity index (χ0) is 13.2. The molecule has 0 aliphatic carbocycles. The summed E-state index contributed by atoms with van der Waals surface area (Å²) in [7, 11) is 0. The average molecular weight is 244 g/mol. The molecule has 94 valence electrons. The molecule has 0 heterocycles. The van der Waals surface area contributed by atoms with Gasteiger partial charge in [0, 0.05) is 0 Å². The minimum absolute atomic E-state index is 0.00463. The van der Waals surface area contributed by atoms with Crippen molar-refractivity contribution in [2.24, 2.45) is 11.8 Å². The van der Waals surface area contributed by atoms with Crippen LogP contribution in [0.4, 0.5) is 8.78 Å². The first-order valence-electron chi connectivity index (χ1n) is 5.23. The maximum atomic E-state index is 13.5. The molecular weight excluding hydrogens is 230 g/mol. The molecule has 17 heavy (non-hydrogen) atoms. The van der Waals surface area contributed by atoms with Crippen molar-refractivity contribution >= 4 is 5.97 Å². The summed E-state index contributed by atoms with van der Waals surface area (Å²) in [5.41, 5.74) is 0.00463. The Morgan fingerprint density at radius 3 is 2.41 bits per heavy atom. The van der Waals surface area contributed by atoms with Crippen molar-refractivity contribution in [3.8, 4) is 5.75 Å². The highest BCUT2D eigenvalue weighted by molar-refractivity contribution is 5.70. The first kappa shape index (κ1) is 13.4. The molecule has 0 aliphatic heterocycles. The first-order chi connectivity index (χ1) is 7.84. The fraction of sp³-hybridized carbons (Fsp3) is 0.417. The Kier molecular flexibility index (Phi) is 4.04. The van der Waals surface area contributed by atoms with Crippen LogP contribution in [-0.2, 0) is 11.2 Å². The number of halogens is 2. The van der Waals surface area contributed by atoms with Crippen LogP contribution in [0.3, 0.4) is 0 Å². The molecule has 1 aromatic rings. The molecular formula is C12H14F2O3. The van der Waals surface area contributed by atoms with E-state index in [1.165, 1.54) is 0 Å². The van der Waals surface area contributed by atoms with Crippen molar-refractivity contribution in [1.82, 2.24) is 0 Å². The fourth-order valence-corrected chi connectivity index (χ4v) is 1.59. The SMILES string of the molecule is CC(C)C(Cc1ccc(F)c(O)c1F)C(=O)O. The van der Waals surface area contributed by atoms with E-state index < -0.39 is 29.3 Å². The summed E-state index contributed by atoms with van der Waals surface area (Å²) < 4.78 is 26.3. The molecule has 0 radical (unpaired) electrons. The van der Waals surface area contributed by atoms with Gasteiger partial charge in [0.25, 0.3) is 0 Å². The molecule has 1 aromatic carbocycles. The quantitative estimate of drug-likeness (QED) is 0.855. The number of aliphatic carboxylic acids is 1. The van der Waals surface area contributed by atoms with Gasteiger partial charge in [-0.2, -0.15) is 0 Å². The van der Waals surface area contributed by atoms with Gasteiger partial charge in [0.1, 0.15) is 0 Å². The Balaban J connectivity index is 3.02. The summed E-state index contributed by atoms with van der Waals surface area (Å²) in [6.07, 6.45) is -0.0767. The van der Waals surface area contributed by atoms with Gasteiger partial charge in [0.2, 0.25) is 0 Å². The van der Waals surface area contributed by atoms with Gasteiger partial charge in [-0.05, 0) is 24.0 Å². The highest BCUT2D eigenvalue weighted by Crippen LogP contribution is 2.26. The van der Waals surface area contributed by atoms with Crippen molar-refractivity contribution < 1.29 is 23.8 Å². The van der Waals surface area contributed by atoms with Crippen LogP contribution < -0.4 is 0 Å². The van der Waals surface area contributed by atoms with Gasteiger partial charge >= 0.3 is 5.97 Å². The largest absolute Gasteiger partial charge is 0.503 e. The summed E-state index contributed by atoms with van der Waals surface area (Å²) >= 11 is 0. The van der Waals surface area contributed by atoms with Crippen molar-refractivity contribution in [3.63, 3.8) is 0 Å². The molecule has 0 aromatic heterocycles. The van der Waals surface area contributed by atoms with E-state index in [-0.39, 0.29) is 17.9 Å². The van der Waals surface area contributed by atoms with E-state index >= 15 is 0 Å². The molecule has 5 heteroatoms. The van der Waals surface area contributed by atoms with Crippen molar-refractivity contribution in [3.05, 3.63) is 29.3 Å². The van der Waals surface area contributed by atoms with Crippen LogP contribution in [0, 0.1) is 23.5 Å². The minimum Gasteiger partial charge on any atom is -0.503 e. The Morgan fingerprint density at radius 1 is 1.35 bits per heavy atom. The van der Waals surface area contributed by atoms with Crippen LogP contribution in [0.25, 0.3) is 0 Å². The van der Waals surface area contributed by atoms with Gasteiger partial charge in [0.15, 0.2) is 17.4 Å². The lowest BCUT2D eigenvalue weighted by molar-refractivity contribution is -0.143. The monoisotopic (exact) mass is 244 g/mol. The van der Waals surface area contributed by atoms with E-state index in [1.807, 2.05) is 0 Å². The van der Waals surface area contributed by atoms with Crippen molar-refractivity contribution in [2.45, 2.75) is 20.3 Å². The number of carboxylic acid groups (broad SMARTS) is 1. The van der Waals surface area contributed by atoms with E-state index in [1.54, 1.807) is 13.8 Å². The first-order valence-corrected chi connectivity index (χ1v) is 5.23. The number of phenolic OH excluding ortho intramolecular Hbond substituents is 1. The minimum atomic E-state index is -1.09. The van der Waals surface area contributed by atoms with Crippen LogP contribution in [0.1, 0.15) is 19.4 Å². The van der Waals surface area contributed by atoms with E-state index in [9.17, 15) is 13.6 Å². The van der Waals surface area contributed by atoms with Gasteiger partial charge in [-0.3, -0.25) is 4.79 Å². The Bertz CT molecular complexity index is 430. The predicted octanol–water partition coefficient (Wildman–Crippen LogP) is 2.57. The number of hydrogen-bond donors (Lipinski definition) is 2. The van der Waals surface area contributed by atoms with Crippen molar-refractivity contribution in [2.75, 3.05) is 0 Å². The number of aromatic hydroxyl groups is 1. The summed E-state index contributed by atoms with van der Waals surface area (Å²) in [5.74, 6) is -5.19. The molecule has 0 amide bonds. The Labute approximate surface area is 97.7 Å². The van der Waals surface area contributed by atoms with Gasteiger partial charge in [-0.25, -0.2) is 8.78 Å². The molecule has 2 N–H and O–H groups in total. The van der Waals surface area contributed by atoms with E-state index in [2.05, 4.69) is 0 Å². The summed E-state index contributed by atoms with van der Waals surface area (Å²) in [5, 5.41) is 18.0. The second kappa shape index (κ2) is 5.12. The molecule has 1 rings (SSSR count). The lowest BCUT2D eigenvalue weighted by Crippen LogP contribution is -2.22. The second-order valence-corrected chi connectivity index (χ2v) is 4.26. The Hall–Kier alpha value is -1.65. The molecule has 0 aliphatic rings. The lowest BCUT2D eigenvalue weighted by Gasteiger charge is -2.16. The number of benzene rings is 1. The number of rotatable bonds is 4. The van der Waals surface area contributed by atoms with Gasteiger partial charge in [-0.1, -0.05) is 19.9 Å². The third-order valence-corrected chi connectivity index (χ3v) is 2.71. The summed E-state index contributed by atoms with van der Waals surface area (Å²) in [6.45, 7) is 3.42. The topological polar surface area (TPSA) is 57.5 Å². The fourth-order valence-electron chi connectivity index (χ4n) is 1.59. The summed E-state index contributed by atoms with van der Waals surface area (Å²) in [4.78, 5) is 10.9. The number of phenols is 1. The van der Waals surface area contributed by atoms with Gasteiger partial charge in [-0.15, -0.1) is 0 Å². The zero-order valence-corrected chi connectivity index (χ0v) is 9.58. The van der Waals surface area contributed by atoms with Gasteiger partial charge < -0.3 is 10.2 Å². The normalized spacial score (nSPS) is 12.8. The van der Waals surface area contributed by atoms with Crippen LogP contribution >= 0.6 is 0 Å². The van der Waals surface area contributed by atoms with Crippen LogP contribution in [0.15, 0.2) is 12.1 Å². The molecule has 0 saturated carbocycles. The van der Waals surface area contributed by atoms with Crippen molar-refractivity contribution in [1.29, 1.82) is 0 Å². The third-order valence-electron chi connectivity index (χ3n) is 2.71. The molecule has 3 nitrogen and oxygen atoms in total. The molecule has 0 saturated heterocycles. The maximum Gasteiger partial charge on any atom is 0.307 e. The highest BCUT2D eigenvalue weighted by Gasteiger charge is 2.24. The smallest absolute Gasteiger partial charge is 0.307 e. The van der Waals surface area contributed by atoms with Gasteiger partial charge in [0.05, 0.1) is 5.92 Å². The van der Waals surface area contributed by atoms with E-state index in [0.29, 0.717) is 0 Å². The predicted molar refractivity (Wildman–Crippen MR) is 57.7 cm³/mol. The molecule has 0 spiro atoms. The van der Waals surface area contributed by atoms with Crippen LogP contribution in [0.2, 0.25) is 0 Å². The van der Waals surface area contributed by atoms with Crippen LogP contribution in [0.5, 0.6) is 5.75 Å². The maximum absolute atomic E-state index is 13.5. The lowest BCUT2D eigenvalue weighted by atomic mass is 9.89. The Morgan fingerprint density at radius 2 is 1.94 bits per heavy atom. The molecule has 1 atom stereocenters. The number of carboxylic acids is 1. The third kappa shape index (κ3) is 2.93. The number of carbonyl (C=O) groups is 1. The molecule has 0 fully saturated rings. The standard InChI is InChI=1S/C12H14F2O3/c1-6(2)8(12(16)17)5-7-3-4-9(13)11(15)10(7)14/h3-4,6,8,15H,5H2,1-2H3,(H,16,17). The van der Waals surface area contributed by atoms with E-state index in [4.69, 9.17) is 10.2 Å². The highest BCUT2D eigenvalue weighted by atomic mass is 19.1. The van der Waals surface area contributed by atoms with Crippen LogP contribution in [-0.4, -0.2) is 16.2 Å². The number of hydrogen-bond acceptors (Lipinski definition) is 2. The average Bonchev–Trinajstić information content (AvgIpc) is 2.24. The molecule has 0 bridgehead atoms. The summed E-state index contributed by atoms with van der Waals surface area (Å²) in [6, 6.07) is 2.08. The van der Waals surface area contributed by atoms with E-state index in [0.717, 1.165) is 12.1 Å².